The van der Waals surface area contributed by atoms with E-state index < -0.39 is 6.04 Å². The molecule has 0 bridgehead atoms. The lowest BCUT2D eigenvalue weighted by Crippen LogP contribution is -2.19. The number of ether oxygens (including phenoxy) is 1. The Morgan fingerprint density at radius 3 is 2.81 bits per heavy atom. The van der Waals surface area contributed by atoms with Crippen LogP contribution in [0.4, 0.5) is 11.4 Å². The molecule has 0 aromatic heterocycles. The number of aromatic hydroxyl groups is 1. The summed E-state index contributed by atoms with van der Waals surface area (Å²) in [7, 11) is 1.48. The van der Waals surface area contributed by atoms with Gasteiger partial charge < -0.3 is 20.5 Å². The van der Waals surface area contributed by atoms with Crippen molar-refractivity contribution < 1.29 is 14.6 Å². The smallest absolute Gasteiger partial charge is 0.251 e. The van der Waals surface area contributed by atoms with Gasteiger partial charge in [0, 0.05) is 28.0 Å². The second kappa shape index (κ2) is 5.18. The number of rotatable bonds is 3. The largest absolute Gasteiger partial charge is 0.504 e. The Morgan fingerprint density at radius 2 is 2.10 bits per heavy atom. The number of amides is 1. The van der Waals surface area contributed by atoms with Crippen LogP contribution in [0.2, 0.25) is 5.02 Å². The Morgan fingerprint density at radius 1 is 1.29 bits per heavy atom. The molecule has 1 aliphatic rings. The molecule has 0 fully saturated rings. The number of benzene rings is 2. The normalized spacial score (nSPS) is 16.3. The third kappa shape index (κ3) is 2.48. The van der Waals surface area contributed by atoms with Crippen molar-refractivity contribution in [1.82, 2.24) is 0 Å². The second-order valence-corrected chi connectivity index (χ2v) is 5.12. The Balaban J connectivity index is 1.90. The van der Waals surface area contributed by atoms with Crippen molar-refractivity contribution in [3.63, 3.8) is 0 Å². The summed E-state index contributed by atoms with van der Waals surface area (Å²) in [6.07, 6.45) is 0. The zero-order chi connectivity index (χ0) is 15.0. The number of methoxy groups -OCH3 is 1. The van der Waals surface area contributed by atoms with Crippen LogP contribution in [0.5, 0.6) is 11.5 Å². The topological polar surface area (TPSA) is 70.6 Å². The number of hydrogen-bond acceptors (Lipinski definition) is 4. The first kappa shape index (κ1) is 13.6. The van der Waals surface area contributed by atoms with Crippen LogP contribution in [0, 0.1) is 0 Å². The quantitative estimate of drug-likeness (QED) is 0.814. The van der Waals surface area contributed by atoms with Crippen LogP contribution < -0.4 is 15.4 Å². The predicted octanol–water partition coefficient (Wildman–Crippen LogP) is 3.16. The minimum atomic E-state index is -0.550. The number of fused-ring (bicyclic) bond motifs is 1. The minimum Gasteiger partial charge on any atom is -0.504 e. The molecule has 3 rings (SSSR count). The van der Waals surface area contributed by atoms with E-state index in [0.29, 0.717) is 16.5 Å². The highest BCUT2D eigenvalue weighted by molar-refractivity contribution is 6.31. The summed E-state index contributed by atoms with van der Waals surface area (Å²) in [5.41, 5.74) is 2.13. The van der Waals surface area contributed by atoms with E-state index in [4.69, 9.17) is 16.3 Å². The fraction of sp³-hybridized carbons (Fsp3) is 0.133. The van der Waals surface area contributed by atoms with Crippen LogP contribution in [-0.4, -0.2) is 18.1 Å². The van der Waals surface area contributed by atoms with Crippen LogP contribution in [-0.2, 0) is 4.79 Å². The molecule has 21 heavy (non-hydrogen) atoms. The van der Waals surface area contributed by atoms with Gasteiger partial charge in [0.15, 0.2) is 11.5 Å². The lowest BCUT2D eigenvalue weighted by atomic mass is 10.1. The molecule has 0 aliphatic carbocycles. The number of phenolic OH excluding ortho intramolecular Hbond substituents is 1. The standard InChI is InChI=1S/C15H13ClN2O3/c1-21-13-5-3-9(7-12(13)19)17-14-10-6-8(16)2-4-11(10)18-15(14)20/h2-7,14,17,19H,1H3,(H,18,20). The summed E-state index contributed by atoms with van der Waals surface area (Å²) in [5, 5.41) is 16.2. The van der Waals surface area contributed by atoms with Gasteiger partial charge in [0.2, 0.25) is 0 Å². The fourth-order valence-electron chi connectivity index (χ4n) is 2.32. The monoisotopic (exact) mass is 304 g/mol. The van der Waals surface area contributed by atoms with Gasteiger partial charge in [-0.3, -0.25) is 4.79 Å². The summed E-state index contributed by atoms with van der Waals surface area (Å²) in [6, 6.07) is 9.55. The highest BCUT2D eigenvalue weighted by Gasteiger charge is 2.30. The maximum Gasteiger partial charge on any atom is 0.251 e. The molecule has 2 aromatic rings. The van der Waals surface area contributed by atoms with Gasteiger partial charge in [-0.2, -0.15) is 0 Å². The van der Waals surface area contributed by atoms with E-state index in [1.165, 1.54) is 13.2 Å². The first-order valence-corrected chi connectivity index (χ1v) is 6.70. The third-order valence-corrected chi connectivity index (χ3v) is 3.57. The van der Waals surface area contributed by atoms with Crippen molar-refractivity contribution >= 4 is 28.9 Å². The molecule has 6 heteroatoms. The maximum absolute atomic E-state index is 12.1. The molecular formula is C15H13ClN2O3. The van der Waals surface area contributed by atoms with E-state index in [0.717, 1.165) is 11.3 Å². The average Bonchev–Trinajstić information content (AvgIpc) is 2.75. The minimum absolute atomic E-state index is 0.00669. The van der Waals surface area contributed by atoms with E-state index in [2.05, 4.69) is 10.6 Å². The van der Waals surface area contributed by atoms with Crippen molar-refractivity contribution in [3.05, 3.63) is 47.0 Å². The molecule has 1 aliphatic heterocycles. The van der Waals surface area contributed by atoms with Crippen molar-refractivity contribution in [3.8, 4) is 11.5 Å². The van der Waals surface area contributed by atoms with Crippen molar-refractivity contribution in [2.45, 2.75) is 6.04 Å². The van der Waals surface area contributed by atoms with E-state index in [9.17, 15) is 9.90 Å². The third-order valence-electron chi connectivity index (χ3n) is 3.33. The molecule has 2 aromatic carbocycles. The van der Waals surface area contributed by atoms with Crippen LogP contribution in [0.25, 0.3) is 0 Å². The molecule has 1 heterocycles. The summed E-state index contributed by atoms with van der Waals surface area (Å²) >= 11 is 5.98. The molecule has 3 N–H and O–H groups in total. The number of halogens is 1. The Bertz CT molecular complexity index is 718. The Labute approximate surface area is 126 Å². The molecule has 1 unspecified atom stereocenters. The molecule has 0 radical (unpaired) electrons. The number of phenols is 1. The second-order valence-electron chi connectivity index (χ2n) is 4.68. The Kier molecular flexibility index (Phi) is 3.35. The number of carbonyl (C=O) groups is 1. The average molecular weight is 305 g/mol. The van der Waals surface area contributed by atoms with Gasteiger partial charge >= 0.3 is 0 Å². The zero-order valence-electron chi connectivity index (χ0n) is 11.2. The molecule has 0 saturated heterocycles. The van der Waals surface area contributed by atoms with Gasteiger partial charge in [-0.15, -0.1) is 0 Å². The number of carbonyl (C=O) groups excluding carboxylic acids is 1. The zero-order valence-corrected chi connectivity index (χ0v) is 11.9. The fourth-order valence-corrected chi connectivity index (χ4v) is 2.50. The van der Waals surface area contributed by atoms with Crippen molar-refractivity contribution in [2.75, 3.05) is 17.7 Å². The molecule has 108 valence electrons. The van der Waals surface area contributed by atoms with E-state index >= 15 is 0 Å². The summed E-state index contributed by atoms with van der Waals surface area (Å²) in [5.74, 6) is 0.217. The molecule has 1 amide bonds. The first-order chi connectivity index (χ1) is 10.1. The summed E-state index contributed by atoms with van der Waals surface area (Å²) < 4.78 is 4.99. The SMILES string of the molecule is COc1ccc(NC2C(=O)Nc3ccc(Cl)cc32)cc1O. The highest BCUT2D eigenvalue weighted by Crippen LogP contribution is 2.36. The number of anilines is 2. The van der Waals surface area contributed by atoms with E-state index in [1.807, 2.05) is 0 Å². The van der Waals surface area contributed by atoms with Crippen LogP contribution >= 0.6 is 11.6 Å². The van der Waals surface area contributed by atoms with Crippen molar-refractivity contribution in [2.24, 2.45) is 0 Å². The van der Waals surface area contributed by atoms with Gasteiger partial charge in [0.05, 0.1) is 7.11 Å². The van der Waals surface area contributed by atoms with Gasteiger partial charge in [-0.25, -0.2) is 0 Å². The Hall–Kier alpha value is -2.40. The molecule has 1 atom stereocenters. The van der Waals surface area contributed by atoms with Gasteiger partial charge in [0.1, 0.15) is 6.04 Å². The van der Waals surface area contributed by atoms with Gasteiger partial charge in [-0.1, -0.05) is 11.6 Å². The predicted molar refractivity (Wildman–Crippen MR) is 81.1 cm³/mol. The van der Waals surface area contributed by atoms with E-state index in [-0.39, 0.29) is 11.7 Å². The van der Waals surface area contributed by atoms with Crippen molar-refractivity contribution in [1.29, 1.82) is 0 Å². The molecular weight excluding hydrogens is 292 g/mol. The summed E-state index contributed by atoms with van der Waals surface area (Å²) in [6.45, 7) is 0. The van der Waals surface area contributed by atoms with Gasteiger partial charge in [0.25, 0.3) is 5.91 Å². The lowest BCUT2D eigenvalue weighted by molar-refractivity contribution is -0.116. The van der Waals surface area contributed by atoms with Gasteiger partial charge in [-0.05, 0) is 30.3 Å². The van der Waals surface area contributed by atoms with Crippen LogP contribution in [0.1, 0.15) is 11.6 Å². The number of hydrogen-bond donors (Lipinski definition) is 3. The summed E-state index contributed by atoms with van der Waals surface area (Å²) in [4.78, 5) is 12.1. The van der Waals surface area contributed by atoms with E-state index in [1.54, 1.807) is 30.3 Å². The molecule has 0 saturated carbocycles. The molecule has 0 spiro atoms. The lowest BCUT2D eigenvalue weighted by Gasteiger charge is -2.14. The van der Waals surface area contributed by atoms with Crippen LogP contribution in [0.15, 0.2) is 36.4 Å². The highest BCUT2D eigenvalue weighted by atomic mass is 35.5. The number of nitrogens with one attached hydrogen (secondary N) is 2. The molecule has 5 nitrogen and oxygen atoms in total. The maximum atomic E-state index is 12.1. The first-order valence-electron chi connectivity index (χ1n) is 6.32. The van der Waals surface area contributed by atoms with Crippen LogP contribution in [0.3, 0.4) is 0 Å².